The van der Waals surface area contributed by atoms with Crippen molar-refractivity contribution in [1.29, 1.82) is 0 Å². The van der Waals surface area contributed by atoms with Gasteiger partial charge in [-0.1, -0.05) is 49.6 Å². The summed E-state index contributed by atoms with van der Waals surface area (Å²) in [7, 11) is -0.881. The molecule has 3 nitrogen and oxygen atoms in total. The van der Waals surface area contributed by atoms with Gasteiger partial charge in [0.2, 0.25) is 0 Å². The van der Waals surface area contributed by atoms with Gasteiger partial charge in [0.1, 0.15) is 4.88 Å². The zero-order valence-corrected chi connectivity index (χ0v) is 15.4. The molecule has 1 aliphatic rings. The average molecular weight is 370 g/mol. The number of hydrogen-bond acceptors (Lipinski definition) is 3. The lowest BCUT2D eigenvalue weighted by molar-refractivity contribution is 0.0933. The molecule has 23 heavy (non-hydrogen) atoms. The van der Waals surface area contributed by atoms with Crippen LogP contribution in [-0.2, 0) is 10.8 Å². The molecule has 124 valence electrons. The topological polar surface area (TPSA) is 46.2 Å². The second kappa shape index (κ2) is 7.32. The Balaban J connectivity index is 1.82. The van der Waals surface area contributed by atoms with Crippen LogP contribution in [0.1, 0.15) is 42.3 Å². The maximum absolute atomic E-state index is 12.7. The molecule has 6 heteroatoms. The van der Waals surface area contributed by atoms with Gasteiger partial charge in [-0.05, 0) is 18.9 Å². The summed E-state index contributed by atoms with van der Waals surface area (Å²) in [5, 5.41) is 4.60. The molecule has 0 saturated heterocycles. The second-order valence-corrected chi connectivity index (χ2v) is 9.19. The van der Waals surface area contributed by atoms with Crippen LogP contribution in [0.4, 0.5) is 0 Å². The van der Waals surface area contributed by atoms with E-state index in [0.29, 0.717) is 15.7 Å². The van der Waals surface area contributed by atoms with E-state index in [4.69, 9.17) is 11.6 Å². The van der Waals surface area contributed by atoms with E-state index in [2.05, 4.69) is 5.32 Å². The highest BCUT2D eigenvalue weighted by molar-refractivity contribution is 7.85. The predicted octanol–water partition coefficient (Wildman–Crippen LogP) is 4.36. The van der Waals surface area contributed by atoms with Crippen molar-refractivity contribution in [1.82, 2.24) is 5.32 Å². The van der Waals surface area contributed by atoms with Crippen LogP contribution >= 0.6 is 22.9 Å². The molecule has 1 saturated carbocycles. The van der Waals surface area contributed by atoms with Crippen LogP contribution in [0.3, 0.4) is 0 Å². The van der Waals surface area contributed by atoms with E-state index in [9.17, 15) is 9.00 Å². The number of halogens is 1. The Labute approximate surface area is 147 Å². The van der Waals surface area contributed by atoms with E-state index in [1.54, 1.807) is 0 Å². The van der Waals surface area contributed by atoms with Crippen molar-refractivity contribution in [2.45, 2.75) is 43.9 Å². The molecule has 1 aromatic carbocycles. The van der Waals surface area contributed by atoms with Crippen LogP contribution < -0.4 is 5.32 Å². The minimum Gasteiger partial charge on any atom is -0.347 e. The maximum atomic E-state index is 12.7. The van der Waals surface area contributed by atoms with Crippen molar-refractivity contribution in [3.63, 3.8) is 0 Å². The first-order chi connectivity index (χ1) is 11.1. The summed E-state index contributed by atoms with van der Waals surface area (Å²) in [4.78, 5) is 13.2. The van der Waals surface area contributed by atoms with Crippen LogP contribution in [-0.4, -0.2) is 27.2 Å². The van der Waals surface area contributed by atoms with Crippen molar-refractivity contribution < 1.29 is 9.00 Å². The van der Waals surface area contributed by atoms with E-state index >= 15 is 0 Å². The number of carbonyl (C=O) groups is 1. The van der Waals surface area contributed by atoms with Gasteiger partial charge in [-0.2, -0.15) is 0 Å². The molecule has 3 atom stereocenters. The van der Waals surface area contributed by atoms with E-state index in [0.717, 1.165) is 35.8 Å². The lowest BCUT2D eigenvalue weighted by Gasteiger charge is -2.31. The normalized spacial score (nSPS) is 22.9. The Morgan fingerprint density at radius 1 is 1.35 bits per heavy atom. The van der Waals surface area contributed by atoms with E-state index in [1.807, 2.05) is 31.2 Å². The fourth-order valence-corrected chi connectivity index (χ4v) is 6.03. The summed E-state index contributed by atoms with van der Waals surface area (Å²) in [6.07, 6.45) is 3.98. The minimum absolute atomic E-state index is 0.0155. The number of hydrogen-bond donors (Lipinski definition) is 1. The Morgan fingerprint density at radius 3 is 2.83 bits per heavy atom. The van der Waals surface area contributed by atoms with E-state index in [-0.39, 0.29) is 17.2 Å². The molecular formula is C17H20ClNO2S2. The Kier molecular flexibility index (Phi) is 5.39. The van der Waals surface area contributed by atoms with Crippen molar-refractivity contribution in [3.05, 3.63) is 34.2 Å². The Hall–Kier alpha value is -0.910. The van der Waals surface area contributed by atoms with Gasteiger partial charge in [0.25, 0.3) is 5.91 Å². The van der Waals surface area contributed by atoms with Gasteiger partial charge in [-0.25, -0.2) is 0 Å². The fourth-order valence-electron chi connectivity index (χ4n) is 3.18. The van der Waals surface area contributed by atoms with Crippen LogP contribution in [0.2, 0.25) is 5.02 Å². The predicted molar refractivity (Wildman–Crippen MR) is 99.0 cm³/mol. The van der Waals surface area contributed by atoms with Gasteiger partial charge in [0.05, 0.1) is 10.3 Å². The summed E-state index contributed by atoms with van der Waals surface area (Å²) < 4.78 is 13.3. The second-order valence-electron chi connectivity index (χ2n) is 5.81. The molecule has 0 bridgehead atoms. The number of amides is 1. The molecule has 1 fully saturated rings. The largest absolute Gasteiger partial charge is 0.347 e. The molecule has 0 unspecified atom stereocenters. The first-order valence-electron chi connectivity index (χ1n) is 7.97. The summed E-state index contributed by atoms with van der Waals surface area (Å²) in [5.41, 5.74) is 0. The molecule has 1 aromatic heterocycles. The number of rotatable bonds is 4. The first-order valence-corrected chi connectivity index (χ1v) is 10.5. The molecule has 1 heterocycles. The molecule has 1 aliphatic carbocycles. The lowest BCUT2D eigenvalue weighted by atomic mass is 9.95. The van der Waals surface area contributed by atoms with Crippen molar-refractivity contribution in [3.8, 4) is 0 Å². The van der Waals surface area contributed by atoms with Crippen LogP contribution in [0, 0.1) is 0 Å². The third kappa shape index (κ3) is 3.47. The summed E-state index contributed by atoms with van der Waals surface area (Å²) in [6, 6.07) is 7.75. The van der Waals surface area contributed by atoms with Gasteiger partial charge in [0.15, 0.2) is 0 Å². The summed E-state index contributed by atoms with van der Waals surface area (Å²) in [6.45, 7) is 1.94. The van der Waals surface area contributed by atoms with Gasteiger partial charge in [-0.15, -0.1) is 11.3 Å². The Bertz CT molecular complexity index is 743. The molecule has 0 spiro atoms. The third-order valence-corrected chi connectivity index (χ3v) is 7.87. The number of nitrogens with one attached hydrogen (secondary N) is 1. The van der Waals surface area contributed by atoms with Crippen molar-refractivity contribution in [2.24, 2.45) is 0 Å². The summed E-state index contributed by atoms with van der Waals surface area (Å²) in [5.74, 6) is 0.502. The van der Waals surface area contributed by atoms with Crippen molar-refractivity contribution >= 4 is 49.7 Å². The average Bonchev–Trinajstić information content (AvgIpc) is 2.92. The zero-order chi connectivity index (χ0) is 16.4. The SMILES string of the molecule is CC[S@@](=O)[C@@H]1CCCC[C@@H]1NC(=O)c1sc2ccccc2c1Cl. The minimum atomic E-state index is -0.881. The van der Waals surface area contributed by atoms with E-state index < -0.39 is 10.8 Å². The number of carbonyl (C=O) groups excluding carboxylic acids is 1. The molecule has 2 aromatic rings. The smallest absolute Gasteiger partial charge is 0.263 e. The maximum Gasteiger partial charge on any atom is 0.263 e. The summed E-state index contributed by atoms with van der Waals surface area (Å²) >= 11 is 7.80. The first kappa shape index (κ1) is 16.9. The molecular weight excluding hydrogens is 350 g/mol. The standard InChI is InChI=1S/C17H20ClNO2S2/c1-2-23(21)14-10-6-4-8-12(14)19-17(20)16-15(18)11-7-3-5-9-13(11)22-16/h3,5,7,9,12,14H,2,4,6,8,10H2,1H3,(H,19,20)/t12-,14+,23+/m0/s1. The zero-order valence-electron chi connectivity index (χ0n) is 13.0. The molecule has 3 rings (SSSR count). The fraction of sp³-hybridized carbons (Fsp3) is 0.471. The number of benzene rings is 1. The molecule has 1 amide bonds. The van der Waals surface area contributed by atoms with E-state index in [1.165, 1.54) is 11.3 Å². The molecule has 0 aliphatic heterocycles. The quantitative estimate of drug-likeness (QED) is 0.870. The Morgan fingerprint density at radius 2 is 2.09 bits per heavy atom. The van der Waals surface area contributed by atoms with Crippen molar-refractivity contribution in [2.75, 3.05) is 5.75 Å². The van der Waals surface area contributed by atoms with Gasteiger partial charge in [0, 0.05) is 32.7 Å². The van der Waals surface area contributed by atoms with Crippen LogP contribution in [0.5, 0.6) is 0 Å². The number of thiophene rings is 1. The van der Waals surface area contributed by atoms with Gasteiger partial charge >= 0.3 is 0 Å². The molecule has 0 radical (unpaired) electrons. The van der Waals surface area contributed by atoms with Gasteiger partial charge < -0.3 is 5.32 Å². The van der Waals surface area contributed by atoms with Crippen LogP contribution in [0.15, 0.2) is 24.3 Å². The van der Waals surface area contributed by atoms with Gasteiger partial charge in [-0.3, -0.25) is 9.00 Å². The number of fused-ring (bicyclic) bond motifs is 1. The highest BCUT2D eigenvalue weighted by atomic mass is 35.5. The highest BCUT2D eigenvalue weighted by Crippen LogP contribution is 2.35. The molecule has 1 N–H and O–H groups in total. The highest BCUT2D eigenvalue weighted by Gasteiger charge is 2.31. The monoisotopic (exact) mass is 369 g/mol. The lowest BCUT2D eigenvalue weighted by Crippen LogP contribution is -2.47. The van der Waals surface area contributed by atoms with Crippen LogP contribution in [0.25, 0.3) is 10.1 Å². The third-order valence-electron chi connectivity index (χ3n) is 4.38.